The van der Waals surface area contributed by atoms with Crippen molar-refractivity contribution >= 4 is 17.8 Å². The minimum atomic E-state index is 0.0689. The molecule has 1 atom stereocenters. The van der Waals surface area contributed by atoms with Crippen molar-refractivity contribution in [2.75, 3.05) is 32.9 Å². The predicted octanol–water partition coefficient (Wildman–Crippen LogP) is 1.78. The van der Waals surface area contributed by atoms with E-state index in [1.54, 1.807) is 16.7 Å². The molecule has 1 fully saturated rings. The van der Waals surface area contributed by atoms with Gasteiger partial charge in [0, 0.05) is 31.6 Å². The van der Waals surface area contributed by atoms with Crippen LogP contribution < -0.4 is 5.73 Å². The highest BCUT2D eigenvalue weighted by Crippen LogP contribution is 2.28. The molecule has 0 saturated carbocycles. The molecule has 2 N–H and O–H groups in total. The van der Waals surface area contributed by atoms with Crippen LogP contribution in [0.2, 0.25) is 0 Å². The number of hydrogen-bond acceptors (Lipinski definition) is 3. The number of likely N-dealkylation sites (N-methyl/N-ethyl adjacent to an activating group) is 1. The number of amides is 2. The molecule has 4 nitrogen and oxygen atoms in total. The Kier molecular flexibility index (Phi) is 4.14. The Bertz CT molecular complexity index is 421. The summed E-state index contributed by atoms with van der Waals surface area (Å²) in [6.07, 6.45) is 2.06. The summed E-state index contributed by atoms with van der Waals surface area (Å²) in [5, 5.41) is 0. The van der Waals surface area contributed by atoms with E-state index in [0.29, 0.717) is 13.1 Å². The van der Waals surface area contributed by atoms with E-state index in [1.807, 2.05) is 11.9 Å². The summed E-state index contributed by atoms with van der Waals surface area (Å²) < 4.78 is 0. The molecule has 1 aliphatic heterocycles. The van der Waals surface area contributed by atoms with Crippen molar-refractivity contribution in [1.29, 1.82) is 0 Å². The van der Waals surface area contributed by atoms with Gasteiger partial charge in [-0.3, -0.25) is 0 Å². The molecule has 0 aromatic heterocycles. The van der Waals surface area contributed by atoms with E-state index in [4.69, 9.17) is 5.73 Å². The fraction of sp³-hybridized carbons (Fsp3) is 0.462. The molecule has 2 amide bonds. The van der Waals surface area contributed by atoms with Crippen LogP contribution in [0.25, 0.3) is 0 Å². The number of carbonyl (C=O) groups is 1. The van der Waals surface area contributed by atoms with E-state index in [2.05, 4.69) is 30.5 Å². The Morgan fingerprint density at radius 2 is 2.06 bits per heavy atom. The molecule has 1 unspecified atom stereocenters. The zero-order valence-electron chi connectivity index (χ0n) is 10.8. The third-order valence-corrected chi connectivity index (χ3v) is 4.08. The highest BCUT2D eigenvalue weighted by Gasteiger charge is 2.34. The number of nitrogens with zero attached hydrogens (tertiary/aromatic N) is 2. The summed E-state index contributed by atoms with van der Waals surface area (Å²) in [7, 11) is 1.85. The average Bonchev–Trinajstić information content (AvgIpc) is 2.68. The third-order valence-electron chi connectivity index (χ3n) is 3.33. The van der Waals surface area contributed by atoms with Crippen LogP contribution >= 0.6 is 11.8 Å². The van der Waals surface area contributed by atoms with Crippen LogP contribution in [-0.4, -0.2) is 48.8 Å². The van der Waals surface area contributed by atoms with E-state index < -0.39 is 0 Å². The number of thioether (sulfide) groups is 1. The quantitative estimate of drug-likeness (QED) is 0.844. The summed E-state index contributed by atoms with van der Waals surface area (Å²) >= 11 is 1.72. The van der Waals surface area contributed by atoms with Crippen molar-refractivity contribution in [1.82, 2.24) is 9.80 Å². The number of benzene rings is 1. The van der Waals surface area contributed by atoms with Gasteiger partial charge in [-0.2, -0.15) is 0 Å². The maximum Gasteiger partial charge on any atom is 0.320 e. The first kappa shape index (κ1) is 13.2. The van der Waals surface area contributed by atoms with Crippen LogP contribution in [0.3, 0.4) is 0 Å². The first-order chi connectivity index (χ1) is 8.67. The SMILES string of the molecule is CSc1ccc(C2CN(CCN)C(=O)N2C)cc1. The zero-order chi connectivity index (χ0) is 13.1. The zero-order valence-corrected chi connectivity index (χ0v) is 11.6. The van der Waals surface area contributed by atoms with Gasteiger partial charge >= 0.3 is 6.03 Å². The number of urea groups is 1. The molecule has 0 aliphatic carbocycles. The molecule has 0 radical (unpaired) electrons. The van der Waals surface area contributed by atoms with Crippen LogP contribution in [0.15, 0.2) is 29.2 Å². The molecule has 0 bridgehead atoms. The van der Waals surface area contributed by atoms with Crippen LogP contribution in [0.1, 0.15) is 11.6 Å². The van der Waals surface area contributed by atoms with Crippen molar-refractivity contribution in [2.24, 2.45) is 5.73 Å². The van der Waals surface area contributed by atoms with Crippen LogP contribution in [0.4, 0.5) is 4.79 Å². The first-order valence-electron chi connectivity index (χ1n) is 6.03. The molecule has 1 saturated heterocycles. The van der Waals surface area contributed by atoms with Gasteiger partial charge in [0.2, 0.25) is 0 Å². The Hall–Kier alpha value is -1.20. The fourth-order valence-electron chi connectivity index (χ4n) is 2.26. The monoisotopic (exact) mass is 265 g/mol. The summed E-state index contributed by atoms with van der Waals surface area (Å²) in [5.74, 6) is 0. The van der Waals surface area contributed by atoms with E-state index in [1.165, 1.54) is 10.5 Å². The normalized spacial score (nSPS) is 19.7. The molecule has 2 rings (SSSR count). The van der Waals surface area contributed by atoms with Gasteiger partial charge in [0.05, 0.1) is 6.04 Å². The molecule has 1 aromatic rings. The lowest BCUT2D eigenvalue weighted by molar-refractivity contribution is 0.196. The lowest BCUT2D eigenvalue weighted by Crippen LogP contribution is -2.33. The van der Waals surface area contributed by atoms with Gasteiger partial charge in [-0.25, -0.2) is 4.79 Å². The topological polar surface area (TPSA) is 49.6 Å². The number of nitrogens with two attached hydrogens (primary N) is 1. The molecular weight excluding hydrogens is 246 g/mol. The number of hydrogen-bond donors (Lipinski definition) is 1. The maximum absolute atomic E-state index is 12.0. The van der Waals surface area contributed by atoms with E-state index >= 15 is 0 Å². The number of rotatable bonds is 4. The lowest BCUT2D eigenvalue weighted by atomic mass is 10.1. The fourth-order valence-corrected chi connectivity index (χ4v) is 2.67. The van der Waals surface area contributed by atoms with Gasteiger partial charge in [-0.05, 0) is 24.0 Å². The standard InChI is InChI=1S/C13H19N3OS/c1-15-12(9-16(8-7-14)13(15)17)10-3-5-11(18-2)6-4-10/h3-6,12H,7-9,14H2,1-2H3. The molecule has 5 heteroatoms. The second kappa shape index (κ2) is 5.63. The molecule has 18 heavy (non-hydrogen) atoms. The summed E-state index contributed by atoms with van der Waals surface area (Å²) in [4.78, 5) is 16.8. The van der Waals surface area contributed by atoms with Gasteiger partial charge in [-0.15, -0.1) is 11.8 Å². The molecule has 0 spiro atoms. The lowest BCUT2D eigenvalue weighted by Gasteiger charge is -2.18. The van der Waals surface area contributed by atoms with Crippen molar-refractivity contribution < 1.29 is 4.79 Å². The van der Waals surface area contributed by atoms with Crippen LogP contribution in [0.5, 0.6) is 0 Å². The van der Waals surface area contributed by atoms with Gasteiger partial charge in [-0.1, -0.05) is 12.1 Å². The molecule has 1 aliphatic rings. The maximum atomic E-state index is 12.0. The van der Waals surface area contributed by atoms with Crippen molar-refractivity contribution in [3.05, 3.63) is 29.8 Å². The van der Waals surface area contributed by atoms with Gasteiger partial charge in [0.15, 0.2) is 0 Å². The minimum absolute atomic E-state index is 0.0689. The van der Waals surface area contributed by atoms with Gasteiger partial charge in [0.1, 0.15) is 0 Å². The third kappa shape index (κ3) is 2.47. The van der Waals surface area contributed by atoms with E-state index in [0.717, 1.165) is 6.54 Å². The Labute approximate surface area is 112 Å². The second-order valence-corrected chi connectivity index (χ2v) is 5.30. The highest BCUT2D eigenvalue weighted by molar-refractivity contribution is 7.98. The predicted molar refractivity (Wildman–Crippen MR) is 74.8 cm³/mol. The summed E-state index contributed by atoms with van der Waals surface area (Å²) in [5.41, 5.74) is 6.71. The molecular formula is C13H19N3OS. The molecule has 1 aromatic carbocycles. The van der Waals surface area contributed by atoms with Crippen molar-refractivity contribution in [3.8, 4) is 0 Å². The first-order valence-corrected chi connectivity index (χ1v) is 7.25. The molecule has 98 valence electrons. The Morgan fingerprint density at radius 1 is 1.39 bits per heavy atom. The van der Waals surface area contributed by atoms with Crippen LogP contribution in [-0.2, 0) is 0 Å². The summed E-state index contributed by atoms with van der Waals surface area (Å²) in [6, 6.07) is 8.62. The van der Waals surface area contributed by atoms with Crippen LogP contribution in [0, 0.1) is 0 Å². The van der Waals surface area contributed by atoms with Crippen molar-refractivity contribution in [2.45, 2.75) is 10.9 Å². The number of carbonyl (C=O) groups excluding carboxylic acids is 1. The van der Waals surface area contributed by atoms with Crippen molar-refractivity contribution in [3.63, 3.8) is 0 Å². The smallest absolute Gasteiger partial charge is 0.320 e. The van der Waals surface area contributed by atoms with E-state index in [9.17, 15) is 4.79 Å². The summed E-state index contributed by atoms with van der Waals surface area (Å²) in [6.45, 7) is 1.87. The molecule has 1 heterocycles. The van der Waals surface area contributed by atoms with Gasteiger partial charge in [0.25, 0.3) is 0 Å². The minimum Gasteiger partial charge on any atom is -0.329 e. The van der Waals surface area contributed by atoms with E-state index in [-0.39, 0.29) is 12.1 Å². The second-order valence-electron chi connectivity index (χ2n) is 4.42. The highest BCUT2D eigenvalue weighted by atomic mass is 32.2. The Balaban J connectivity index is 2.15. The average molecular weight is 265 g/mol. The van der Waals surface area contributed by atoms with Gasteiger partial charge < -0.3 is 15.5 Å². The Morgan fingerprint density at radius 3 is 2.61 bits per heavy atom. The largest absolute Gasteiger partial charge is 0.329 e.